The number of halogens is 2. The van der Waals surface area contributed by atoms with Crippen LogP contribution in [0.15, 0.2) is 187 Å². The molecule has 0 bridgehead atoms. The number of ketones is 2. The zero-order chi connectivity index (χ0) is 57.7. The number of likely N-dealkylation sites (tertiary alicyclic amines) is 1. The van der Waals surface area contributed by atoms with E-state index in [2.05, 4.69) is 169 Å². The van der Waals surface area contributed by atoms with Crippen LogP contribution in [0.1, 0.15) is 55.5 Å². The molecule has 2 amide bonds. The maximum atomic E-state index is 14.8. The van der Waals surface area contributed by atoms with Gasteiger partial charge < -0.3 is 19.7 Å². The van der Waals surface area contributed by atoms with Gasteiger partial charge in [0, 0.05) is 63.4 Å². The van der Waals surface area contributed by atoms with Gasteiger partial charge in [0.05, 0.1) is 25.3 Å². The molecule has 4 aromatic rings. The summed E-state index contributed by atoms with van der Waals surface area (Å²) < 4.78 is 57.8. The van der Waals surface area contributed by atoms with Crippen molar-refractivity contribution >= 4 is 63.9 Å². The van der Waals surface area contributed by atoms with Crippen molar-refractivity contribution in [3.63, 3.8) is 0 Å². The van der Waals surface area contributed by atoms with Gasteiger partial charge in [-0.1, -0.05) is 23.6 Å². The number of allylic oxidation sites excluding steroid dienone is 2. The van der Waals surface area contributed by atoms with Crippen LogP contribution in [0.4, 0.5) is 10.2 Å². The number of alkyl halides is 1. The number of hydrogen-bond acceptors (Lipinski definition) is 14. The van der Waals surface area contributed by atoms with Gasteiger partial charge in [0.25, 0.3) is 0 Å². The Balaban J connectivity index is 1.22. The molecule has 0 radical (unpaired) electrons. The number of hydrogen-bond donors (Lipinski definition) is 1. The van der Waals surface area contributed by atoms with E-state index in [1.165, 1.54) is 16.5 Å². The largest absolute Gasteiger partial charge is 0.487 e. The molecular weight excluding hydrogens is 1110 g/mol. The Kier molecular flexibility index (Phi) is 24.7. The first-order chi connectivity index (χ1) is 38.6. The number of aryl methyl sites for hydroxylation is 2. The first kappa shape index (κ1) is 61.3. The number of Topliss-reactive ketones (excluding diaryl/α,β-unsaturated/α-hetero) is 2. The monoisotopic (exact) mass is 1150 g/mol. The third-order valence-electron chi connectivity index (χ3n) is 10.4. The number of carbonyl (C=O) groups excluding carboxylic acids is 4. The van der Waals surface area contributed by atoms with E-state index in [1.807, 2.05) is 0 Å². The fourth-order valence-corrected chi connectivity index (χ4v) is 8.21. The van der Waals surface area contributed by atoms with Gasteiger partial charge in [-0.3, -0.25) is 37.4 Å². The summed E-state index contributed by atoms with van der Waals surface area (Å²) in [4.78, 5) is 67.3. The zero-order valence-electron chi connectivity index (χ0n) is 43.7. The number of amides is 2. The minimum atomic E-state index is -4.38. The summed E-state index contributed by atoms with van der Waals surface area (Å²) in [5.41, 5.74) is 52.6. The van der Waals surface area contributed by atoms with Crippen LogP contribution in [0.3, 0.4) is 0 Å². The molecule has 0 aliphatic carbocycles. The molecule has 1 N–H and O–H groups in total. The third-order valence-corrected chi connectivity index (χ3v) is 12.3. The average Bonchev–Trinajstić information content (AvgIpc) is 4.05. The highest BCUT2D eigenvalue weighted by Gasteiger charge is 2.40. The number of nitrogens with one attached hydrogen (secondary N) is 1. The molecule has 17 nitrogen and oxygen atoms in total. The summed E-state index contributed by atoms with van der Waals surface area (Å²) in [6.45, 7) is 10.8. The fraction of sp³-hybridized carbons (Fsp3) is 0.267. The van der Waals surface area contributed by atoms with Gasteiger partial charge in [0.2, 0.25) is 11.8 Å². The van der Waals surface area contributed by atoms with Gasteiger partial charge in [-0.05, 0) is 168 Å². The molecule has 4 heterocycles. The van der Waals surface area contributed by atoms with Crippen molar-refractivity contribution in [3.05, 3.63) is 204 Å². The lowest BCUT2D eigenvalue weighted by molar-refractivity contribution is -0.137. The van der Waals surface area contributed by atoms with Crippen molar-refractivity contribution in [2.45, 2.75) is 65.7 Å². The molecule has 400 valence electrons. The number of phosphoric acid groups is 1. The zero-order valence-corrected chi connectivity index (χ0v) is 46.1. The van der Waals surface area contributed by atoms with Crippen LogP contribution in [0.25, 0.3) is 22.0 Å². The molecule has 1 aliphatic rings. The first-order valence-corrected chi connectivity index (χ1v) is 26.1. The molecule has 3 aromatic heterocycles. The number of anilines is 1. The van der Waals surface area contributed by atoms with Gasteiger partial charge in [-0.2, -0.15) is 5.10 Å². The molecular formula is C60H46BrFN7O10P. The standard InChI is InChI=1S/C60H46BrFN7O10P/c1-7-9-11-13-15-17-19-21-23-25-45(4)75-33-35-77-80(74,78-36-34-76-46(5)26-24-22-20-18-16-14-12-10-8-2)79-43-51(71)29-32-56-63-39-49(40-64-56)48-28-30-53-52(37-48)58(47(6)70)67-69(53)42-57(72)68-41-50(62)38-54(68)60(73)66-59-44(3)27-31-55(61)65-59/h27-28,30-31,37,39-40,50,54H,1-2,29,32-36,38,41-43H2,3-6H3,(H,65,66,73)/t50-,54+/m1/s1. The lowest BCUT2D eigenvalue weighted by Gasteiger charge is -2.24. The number of aromatic nitrogens is 5. The molecule has 1 fully saturated rings. The molecule has 0 saturated carbocycles. The Bertz CT molecular complexity index is 3860. The van der Waals surface area contributed by atoms with E-state index in [-0.39, 0.29) is 87.6 Å². The highest BCUT2D eigenvalue weighted by atomic mass is 79.9. The van der Waals surface area contributed by atoms with Gasteiger partial charge >= 0.3 is 7.82 Å². The number of carbonyl (C=O) groups is 4. The quantitative estimate of drug-likeness (QED) is 0.0195. The minimum Gasteiger partial charge on any atom is -0.487 e. The second-order valence-corrected chi connectivity index (χ2v) is 18.7. The van der Waals surface area contributed by atoms with Crippen LogP contribution in [-0.2, 0) is 55.0 Å². The van der Waals surface area contributed by atoms with Crippen LogP contribution in [-0.4, -0.2) is 105 Å². The van der Waals surface area contributed by atoms with Crippen molar-refractivity contribution in [2.75, 3.05) is 44.9 Å². The number of pyridine rings is 1. The first-order valence-electron chi connectivity index (χ1n) is 23.8. The highest BCUT2D eigenvalue weighted by molar-refractivity contribution is 9.10. The van der Waals surface area contributed by atoms with E-state index >= 15 is 0 Å². The summed E-state index contributed by atoms with van der Waals surface area (Å²) in [6.07, 6.45) is 1.46. The molecule has 5 rings (SSSR count). The molecule has 20 heteroatoms. The summed E-state index contributed by atoms with van der Waals surface area (Å²) in [5.74, 6) is -0.830. The topological polar surface area (TPSA) is 203 Å². The van der Waals surface area contributed by atoms with Gasteiger partial charge in [-0.25, -0.2) is 23.9 Å². The van der Waals surface area contributed by atoms with Crippen LogP contribution >= 0.6 is 23.8 Å². The second-order valence-electron chi connectivity index (χ2n) is 16.2. The van der Waals surface area contributed by atoms with Crippen molar-refractivity contribution in [1.29, 1.82) is 0 Å². The summed E-state index contributed by atoms with van der Waals surface area (Å²) >= 11 is 3.28. The molecule has 2 atom stereocenters. The Hall–Kier alpha value is -9.60. The van der Waals surface area contributed by atoms with Crippen LogP contribution in [0, 0.1) is 6.92 Å². The summed E-state index contributed by atoms with van der Waals surface area (Å²) in [5, 5.41) is 7.60. The van der Waals surface area contributed by atoms with E-state index in [4.69, 9.17) is 23.0 Å². The maximum Gasteiger partial charge on any atom is 0.475 e. The van der Waals surface area contributed by atoms with Crippen molar-refractivity contribution in [2.24, 2.45) is 0 Å². The molecule has 1 aromatic carbocycles. The molecule has 1 saturated heterocycles. The molecule has 1 aliphatic heterocycles. The molecule has 0 unspecified atom stereocenters. The average molecular weight is 1150 g/mol. The van der Waals surface area contributed by atoms with Crippen molar-refractivity contribution in [3.8, 4) is 11.1 Å². The minimum absolute atomic E-state index is 0.0915. The van der Waals surface area contributed by atoms with Gasteiger partial charge in [0.1, 0.15) is 72.0 Å². The predicted molar refractivity (Wildman–Crippen MR) is 292 cm³/mol. The van der Waals surface area contributed by atoms with E-state index in [1.54, 1.807) is 63.5 Å². The van der Waals surface area contributed by atoms with E-state index in [0.717, 1.165) is 0 Å². The lowest BCUT2D eigenvalue weighted by atomic mass is 10.0. The Morgan fingerprint density at radius 2 is 1.32 bits per heavy atom. The van der Waals surface area contributed by atoms with Gasteiger partial charge in [-0.15, -0.1) is 0 Å². The summed E-state index contributed by atoms with van der Waals surface area (Å²) in [6, 6.07) is 7.51. The van der Waals surface area contributed by atoms with Crippen LogP contribution in [0.2, 0.25) is 0 Å². The number of phosphoric ester groups is 1. The third kappa shape index (κ3) is 20.4. The number of ether oxygens (including phenoxy) is 2. The number of fused-ring (bicyclic) bond motifs is 1. The van der Waals surface area contributed by atoms with Crippen LogP contribution in [0.5, 0.6) is 0 Å². The number of benzene rings is 1. The summed E-state index contributed by atoms with van der Waals surface area (Å²) in [7, 11) is -4.38. The van der Waals surface area contributed by atoms with Crippen LogP contribution < -0.4 is 5.32 Å². The van der Waals surface area contributed by atoms with E-state index in [9.17, 15) is 28.1 Å². The van der Waals surface area contributed by atoms with Crippen molar-refractivity contribution < 1.29 is 51.2 Å². The predicted octanol–water partition coefficient (Wildman–Crippen LogP) is 9.60. The fourth-order valence-electron chi connectivity index (χ4n) is 6.78. The Morgan fingerprint density at radius 1 is 0.762 bits per heavy atom. The SMILES string of the molecule is C=C=C=C=C=C=C=C=C=C=C=C(C)OCCOP(=O)(OCCOC(C)=C=C=C=C=C=C=C=C=C=C=C)OCC(=O)CCc1ncc(-c2ccc3c(c2)c(C(C)=O)nn3CC(=O)N2C[C@H](F)C[C@H]2C(=O)Nc2nc(Br)ccc2C)cn1. The van der Waals surface area contributed by atoms with Crippen molar-refractivity contribution in [1.82, 2.24) is 29.6 Å². The number of nitrogens with zero attached hydrogens (tertiary/aromatic N) is 6. The van der Waals surface area contributed by atoms with E-state index in [0.29, 0.717) is 38.0 Å². The smallest absolute Gasteiger partial charge is 0.475 e. The Morgan fingerprint density at radius 3 is 1.89 bits per heavy atom. The van der Waals surface area contributed by atoms with E-state index < -0.39 is 44.2 Å². The molecule has 80 heavy (non-hydrogen) atoms. The maximum absolute atomic E-state index is 14.8. The number of rotatable bonds is 22. The normalized spacial score (nSPS) is 13.0. The lowest BCUT2D eigenvalue weighted by Crippen LogP contribution is -2.44. The second kappa shape index (κ2) is 32.2. The Labute approximate surface area is 467 Å². The molecule has 0 spiro atoms. The van der Waals surface area contributed by atoms with Gasteiger partial charge in [0.15, 0.2) is 11.6 Å². The highest BCUT2D eigenvalue weighted by Crippen LogP contribution is 2.49.